The zero-order valence-corrected chi connectivity index (χ0v) is 9.83. The first-order valence-corrected chi connectivity index (χ1v) is 0.365. The fraction of sp³-hybridized carbons (Fsp3) is 0. The molecule has 7 heavy (non-hydrogen) atoms. The third kappa shape index (κ3) is 70.5. The summed E-state index contributed by atoms with van der Waals surface area (Å²) in [6, 6.07) is 0. The summed E-state index contributed by atoms with van der Waals surface area (Å²) in [5.41, 5.74) is 0. The number of halogens is 1. The first-order valence-electron chi connectivity index (χ1n) is 0.365. The largest absolute Gasteiger partial charge is 1.00 e. The van der Waals surface area contributed by atoms with E-state index in [2.05, 4.69) is 0 Å². The second kappa shape index (κ2) is 43.1. The first kappa shape index (κ1) is 35.8. The summed E-state index contributed by atoms with van der Waals surface area (Å²) in [6.07, 6.45) is 0. The summed E-state index contributed by atoms with van der Waals surface area (Å²) >= 11 is 0. The van der Waals surface area contributed by atoms with Crippen LogP contribution in [0.15, 0.2) is 5.34 Å². The van der Waals surface area contributed by atoms with Crippen LogP contribution in [-0.2, 0) is 13.5 Å². The number of hydrogen-bond donors (Lipinski definition) is 0. The molecule has 0 radical (unpaired) electrons. The van der Waals surface area contributed by atoms with Gasteiger partial charge in [-0.3, -0.25) is 0 Å². The smallest absolute Gasteiger partial charge is 0.813 e. The summed E-state index contributed by atoms with van der Waals surface area (Å²) in [7, 11) is 0. The van der Waals surface area contributed by atoms with Crippen LogP contribution >= 0.6 is 12.4 Å². The van der Waals surface area contributed by atoms with Crippen molar-refractivity contribution in [2.45, 2.75) is 0 Å². The van der Waals surface area contributed by atoms with Gasteiger partial charge >= 0.3 is 59.1 Å². The molecule has 0 N–H and O–H groups in total. The van der Waals surface area contributed by atoms with Gasteiger partial charge in [-0.15, -0.1) is 17.7 Å². The third-order valence-corrected chi connectivity index (χ3v) is 0. The molecule has 0 rings (SSSR count). The van der Waals surface area contributed by atoms with Crippen LogP contribution in [0, 0.1) is 10.1 Å². The summed E-state index contributed by atoms with van der Waals surface area (Å²) in [5, 5.41) is 9.00. The maximum absolute atomic E-state index is 8.00. The van der Waals surface area contributed by atoms with Crippen molar-refractivity contribution in [3.05, 3.63) is 10.1 Å². The standard InChI is InChI=1S/ClH.HNO2.2Na.H2S/c;2-1-3;;;/h1H;(H,2,3);;;1H2/q;;2*+1;/p-2. The predicted octanol–water partition coefficient (Wildman–Crippen LogP) is -5.59. The molecule has 0 saturated heterocycles. The Balaban J connectivity index is -0.00000000333. The van der Waals surface area contributed by atoms with Gasteiger partial charge in [-0.25, -0.2) is 0 Å². The van der Waals surface area contributed by atoms with E-state index in [1.54, 1.807) is 0 Å². The quantitative estimate of drug-likeness (QED) is 0.117. The fourth-order valence-electron chi connectivity index (χ4n) is 0. The Kier molecular flexibility index (Phi) is 221. The van der Waals surface area contributed by atoms with E-state index in [1.807, 2.05) is 0 Å². The van der Waals surface area contributed by atoms with Crippen LogP contribution in [0.1, 0.15) is 0 Å². The van der Waals surface area contributed by atoms with E-state index in [0.29, 0.717) is 0 Å². The van der Waals surface area contributed by atoms with Gasteiger partial charge in [0.15, 0.2) is 0 Å². The van der Waals surface area contributed by atoms with Gasteiger partial charge in [0.2, 0.25) is 0 Å². The van der Waals surface area contributed by atoms with Gasteiger partial charge in [0.05, 0.1) is 0 Å². The van der Waals surface area contributed by atoms with E-state index >= 15 is 0 Å². The molecule has 0 spiro atoms. The summed E-state index contributed by atoms with van der Waals surface area (Å²) < 4.78 is 0. The van der Waals surface area contributed by atoms with Crippen molar-refractivity contribution in [2.75, 3.05) is 0 Å². The number of hydrogen-bond acceptors (Lipinski definition) is 4. The SMILES string of the molecule is Cl.O=N[O-].[Na+].[Na+].[SH-]. The number of thiol groups is 1. The monoisotopic (exact) mass is 161 g/mol. The average Bonchev–Trinajstić information content (AvgIpc) is 0.918. The van der Waals surface area contributed by atoms with Crippen molar-refractivity contribution in [2.24, 2.45) is 5.34 Å². The predicted molar refractivity (Wildman–Crippen MR) is 25.2 cm³/mol. The van der Waals surface area contributed by atoms with Crippen LogP contribution in [-0.4, -0.2) is 0 Å². The molecule has 0 aliphatic carbocycles. The van der Waals surface area contributed by atoms with Gasteiger partial charge in [-0.1, -0.05) is 0 Å². The summed E-state index contributed by atoms with van der Waals surface area (Å²) in [4.78, 5) is 8.00. The van der Waals surface area contributed by atoms with E-state index in [0.717, 1.165) is 5.34 Å². The minimum absolute atomic E-state index is 0. The zero-order valence-electron chi connectivity index (χ0n) is 4.12. The Labute approximate surface area is 99.0 Å². The molecule has 7 heteroatoms. The Bertz CT molecular complexity index is 23.2. The van der Waals surface area contributed by atoms with E-state index in [9.17, 15) is 0 Å². The zero-order chi connectivity index (χ0) is 2.71. The van der Waals surface area contributed by atoms with Crippen LogP contribution in [0.25, 0.3) is 0 Å². The van der Waals surface area contributed by atoms with Crippen molar-refractivity contribution in [3.8, 4) is 0 Å². The van der Waals surface area contributed by atoms with Crippen molar-refractivity contribution in [1.29, 1.82) is 0 Å². The maximum Gasteiger partial charge on any atom is 1.00 e. The van der Waals surface area contributed by atoms with Gasteiger partial charge in [0.25, 0.3) is 0 Å². The molecule has 0 unspecified atom stereocenters. The Hall–Kier alpha value is 2.04. The van der Waals surface area contributed by atoms with Crippen molar-refractivity contribution in [1.82, 2.24) is 0 Å². The van der Waals surface area contributed by atoms with E-state index in [-0.39, 0.29) is 85.0 Å². The fourth-order valence-corrected chi connectivity index (χ4v) is 0. The van der Waals surface area contributed by atoms with Gasteiger partial charge in [0.1, 0.15) is 0 Å². The normalized spacial score (nSPS) is 1.71. The molecule has 0 amide bonds. The molecule has 0 fully saturated rings. The van der Waals surface area contributed by atoms with Gasteiger partial charge in [-0.05, 0) is 0 Å². The molecule has 0 aromatic heterocycles. The molecule has 0 bridgehead atoms. The maximum atomic E-state index is 8.00. The van der Waals surface area contributed by atoms with E-state index in [1.165, 1.54) is 0 Å². The van der Waals surface area contributed by atoms with E-state index in [4.69, 9.17) is 10.1 Å². The first-order chi connectivity index (χ1) is 1.41. The van der Waals surface area contributed by atoms with E-state index < -0.39 is 0 Å². The Morgan fingerprint density at radius 2 is 1.29 bits per heavy atom. The number of nitrogens with zero attached hydrogens (tertiary/aromatic N) is 1. The van der Waals surface area contributed by atoms with Gasteiger partial charge < -0.3 is 23.6 Å². The number of rotatable bonds is 0. The Morgan fingerprint density at radius 1 is 1.29 bits per heavy atom. The molecule has 0 saturated carbocycles. The molecule has 0 aromatic rings. The van der Waals surface area contributed by atoms with Crippen molar-refractivity contribution < 1.29 is 59.1 Å². The molecule has 0 heterocycles. The molecule has 34 valence electrons. The molecule has 0 atom stereocenters. The molecule has 0 aliphatic heterocycles. The molecule has 0 aromatic carbocycles. The van der Waals surface area contributed by atoms with Crippen LogP contribution in [0.3, 0.4) is 0 Å². The summed E-state index contributed by atoms with van der Waals surface area (Å²) in [5.74, 6) is 0. The van der Waals surface area contributed by atoms with Gasteiger partial charge in [-0.2, -0.15) is 0 Å². The molecule has 0 aliphatic rings. The Morgan fingerprint density at radius 3 is 1.29 bits per heavy atom. The van der Waals surface area contributed by atoms with Crippen LogP contribution in [0.5, 0.6) is 0 Å². The molecule has 3 nitrogen and oxygen atoms in total. The topological polar surface area (TPSA) is 52.5 Å². The van der Waals surface area contributed by atoms with Crippen LogP contribution < -0.4 is 59.1 Å². The molecular weight excluding hydrogens is 160 g/mol. The summed E-state index contributed by atoms with van der Waals surface area (Å²) in [6.45, 7) is 0. The average molecular weight is 162 g/mol. The van der Waals surface area contributed by atoms with Gasteiger partial charge in [0, 0.05) is 0 Å². The third-order valence-electron chi connectivity index (χ3n) is 0. The minimum atomic E-state index is 0. The second-order valence-electron chi connectivity index (χ2n) is 0.0745. The molecular formula is H2ClNNa2O2S. The minimum Gasteiger partial charge on any atom is -0.813 e. The van der Waals surface area contributed by atoms with Crippen LogP contribution in [0.2, 0.25) is 0 Å². The second-order valence-corrected chi connectivity index (χ2v) is 0.0745. The van der Waals surface area contributed by atoms with Crippen molar-refractivity contribution in [3.63, 3.8) is 0 Å². The van der Waals surface area contributed by atoms with Crippen molar-refractivity contribution >= 4 is 25.9 Å². The van der Waals surface area contributed by atoms with Crippen LogP contribution in [0.4, 0.5) is 0 Å².